The van der Waals surface area contributed by atoms with Gasteiger partial charge in [0.25, 0.3) is 0 Å². The number of rotatable bonds is 68. The van der Waals surface area contributed by atoms with Gasteiger partial charge in [-0.25, -0.2) is 19.2 Å². The molecule has 0 amide bonds. The Labute approximate surface area is 643 Å². The maximum Gasteiger partial charge on any atom is 0.343 e. The van der Waals surface area contributed by atoms with Gasteiger partial charge in [-0.05, 0) is 123 Å². The summed E-state index contributed by atoms with van der Waals surface area (Å²) in [6, 6.07) is 29.1. The topological polar surface area (TPSA) is 142 Å². The summed E-state index contributed by atoms with van der Waals surface area (Å²) in [4.78, 5) is 57.0. The van der Waals surface area contributed by atoms with Crippen LogP contribution in [0.25, 0.3) is 0 Å². The van der Waals surface area contributed by atoms with Crippen molar-refractivity contribution in [2.45, 2.75) is 362 Å². The van der Waals surface area contributed by atoms with Crippen molar-refractivity contribution in [1.29, 1.82) is 0 Å². The molecule has 0 fully saturated rings. The van der Waals surface area contributed by atoms with Gasteiger partial charge in [-0.1, -0.05) is 336 Å². The second-order valence-electron chi connectivity index (χ2n) is 29.8. The fraction of sp³-hybridized carbons (Fsp3) is 0.638. The van der Waals surface area contributed by atoms with Gasteiger partial charge in [0.05, 0.1) is 48.7 Å². The summed E-state index contributed by atoms with van der Waals surface area (Å²) in [5, 5.41) is 0. The third-order valence-electron chi connectivity index (χ3n) is 20.2. The standard InChI is InChI=1S/C94H142O12/c1-5-9-13-17-21-25-29-33-37-41-45-49-53-73-99-83-65-57-79(58-66-83)91(95)103-87-77-89(105-93(97)81-61-69-85(70-62-81)101-75-55-51-47-43-39-35-31-27-23-19-15-11-7-3)90(106-94(98)82-63-71-86(72-64-82)102-76-56-52-48-44-40-36-32-28-24-20-16-12-8-4)78-88(87)104-92(96)80-59-67-84(68-60-80)100-74-54-50-46-42-38-34-30-26-22-18-14-10-6-2/h57-72,77-78H,5-56,73-76H2,1-4H3. The van der Waals surface area contributed by atoms with Gasteiger partial charge in [0.2, 0.25) is 0 Å². The molecule has 0 N–H and O–H groups in total. The minimum Gasteiger partial charge on any atom is -0.494 e. The summed E-state index contributed by atoms with van der Waals surface area (Å²) < 4.78 is 48.7. The molecule has 0 unspecified atom stereocenters. The van der Waals surface area contributed by atoms with Crippen LogP contribution in [0.5, 0.6) is 46.0 Å². The molecule has 12 nitrogen and oxygen atoms in total. The second kappa shape index (κ2) is 61.1. The number of carbonyl (C=O) groups is 4. The number of hydrogen-bond acceptors (Lipinski definition) is 12. The van der Waals surface area contributed by atoms with Crippen molar-refractivity contribution in [3.8, 4) is 46.0 Å². The monoisotopic (exact) mass is 1460 g/mol. The van der Waals surface area contributed by atoms with E-state index in [2.05, 4.69) is 27.7 Å². The Morgan fingerprint density at radius 2 is 0.321 bits per heavy atom. The lowest BCUT2D eigenvalue weighted by atomic mass is 10.0. The van der Waals surface area contributed by atoms with Crippen molar-refractivity contribution < 1.29 is 57.1 Å². The van der Waals surface area contributed by atoms with Crippen LogP contribution in [0.2, 0.25) is 0 Å². The van der Waals surface area contributed by atoms with Crippen LogP contribution in [-0.4, -0.2) is 50.3 Å². The molecule has 12 heteroatoms. The first kappa shape index (κ1) is 89.8. The summed E-state index contributed by atoms with van der Waals surface area (Å²) in [5.74, 6) is -1.82. The number of ether oxygens (including phenoxy) is 8. The van der Waals surface area contributed by atoms with Gasteiger partial charge in [0, 0.05) is 12.1 Å². The minimum atomic E-state index is -0.793. The Hall–Kier alpha value is -6.82. The van der Waals surface area contributed by atoms with Gasteiger partial charge in [0.1, 0.15) is 23.0 Å². The van der Waals surface area contributed by atoms with Crippen molar-refractivity contribution >= 4 is 23.9 Å². The van der Waals surface area contributed by atoms with Crippen LogP contribution < -0.4 is 37.9 Å². The smallest absolute Gasteiger partial charge is 0.343 e. The van der Waals surface area contributed by atoms with E-state index < -0.39 is 23.9 Å². The maximum absolute atomic E-state index is 14.3. The first-order valence-electron chi connectivity index (χ1n) is 43.2. The highest BCUT2D eigenvalue weighted by Gasteiger charge is 2.26. The Morgan fingerprint density at radius 1 is 0.189 bits per heavy atom. The molecule has 106 heavy (non-hydrogen) atoms. The van der Waals surface area contributed by atoms with E-state index in [-0.39, 0.29) is 45.3 Å². The van der Waals surface area contributed by atoms with E-state index in [1.807, 2.05) is 0 Å². The lowest BCUT2D eigenvalue weighted by Crippen LogP contribution is -2.16. The van der Waals surface area contributed by atoms with Crippen molar-refractivity contribution in [2.75, 3.05) is 26.4 Å². The van der Waals surface area contributed by atoms with E-state index in [1.165, 1.54) is 295 Å². The number of hydrogen-bond donors (Lipinski definition) is 0. The third kappa shape index (κ3) is 42.7. The molecule has 5 aromatic rings. The fourth-order valence-electron chi connectivity index (χ4n) is 13.5. The zero-order valence-electron chi connectivity index (χ0n) is 66.9. The van der Waals surface area contributed by atoms with E-state index in [1.54, 1.807) is 97.1 Å². The zero-order valence-corrected chi connectivity index (χ0v) is 66.9. The molecular formula is C94H142O12. The molecule has 0 bridgehead atoms. The van der Waals surface area contributed by atoms with Crippen molar-refractivity contribution in [2.24, 2.45) is 0 Å². The molecule has 5 aromatic carbocycles. The van der Waals surface area contributed by atoms with E-state index in [4.69, 9.17) is 37.9 Å². The predicted molar refractivity (Wildman–Crippen MR) is 437 cm³/mol. The van der Waals surface area contributed by atoms with Crippen LogP contribution in [0.3, 0.4) is 0 Å². The molecule has 0 aliphatic heterocycles. The van der Waals surface area contributed by atoms with Gasteiger partial charge in [-0.2, -0.15) is 0 Å². The number of esters is 4. The van der Waals surface area contributed by atoms with Crippen LogP contribution in [-0.2, 0) is 0 Å². The van der Waals surface area contributed by atoms with Gasteiger partial charge >= 0.3 is 23.9 Å². The molecular weight excluding hydrogens is 1320 g/mol. The van der Waals surface area contributed by atoms with Crippen LogP contribution in [0, 0.1) is 0 Å². The highest BCUT2D eigenvalue weighted by atomic mass is 16.6. The lowest BCUT2D eigenvalue weighted by Gasteiger charge is -2.16. The zero-order chi connectivity index (χ0) is 75.2. The number of carbonyl (C=O) groups excluding carboxylic acids is 4. The van der Waals surface area contributed by atoms with Crippen LogP contribution in [0.1, 0.15) is 403 Å². The second-order valence-corrected chi connectivity index (χ2v) is 29.8. The van der Waals surface area contributed by atoms with Gasteiger partial charge in [0.15, 0.2) is 23.0 Å². The SMILES string of the molecule is CCCCCCCCCCCCCCCOc1ccc(C(=O)Oc2cc(OC(=O)c3ccc(OCCCCCCCCCCCCCCC)cc3)c(OC(=O)c3ccc(OCCCCCCCCCCCCCCC)cc3)cc2OC(=O)c2ccc(OCCCCCCCCCCCCCCC)cc2)cc1. The van der Waals surface area contributed by atoms with E-state index >= 15 is 0 Å². The molecule has 0 saturated heterocycles. The Balaban J connectivity index is 1.27. The fourth-order valence-corrected chi connectivity index (χ4v) is 13.5. The first-order chi connectivity index (χ1) is 52.2. The molecule has 0 saturated carbocycles. The molecule has 0 radical (unpaired) electrons. The van der Waals surface area contributed by atoms with Crippen molar-refractivity contribution in [3.63, 3.8) is 0 Å². The highest BCUT2D eigenvalue weighted by molar-refractivity contribution is 5.96. The highest BCUT2D eigenvalue weighted by Crippen LogP contribution is 2.42. The first-order valence-corrected chi connectivity index (χ1v) is 43.2. The van der Waals surface area contributed by atoms with E-state index in [9.17, 15) is 19.2 Å². The van der Waals surface area contributed by atoms with E-state index in [0.717, 1.165) is 51.4 Å². The lowest BCUT2D eigenvalue weighted by molar-refractivity contribution is 0.0662. The Kier molecular flexibility index (Phi) is 51.8. The van der Waals surface area contributed by atoms with Crippen molar-refractivity contribution in [1.82, 2.24) is 0 Å². The molecule has 0 atom stereocenters. The summed E-state index contributed by atoms with van der Waals surface area (Å²) in [6.07, 6.45) is 65.7. The minimum absolute atomic E-state index is 0.183. The molecule has 0 aromatic heterocycles. The molecule has 0 heterocycles. The summed E-state index contributed by atoms with van der Waals surface area (Å²) in [7, 11) is 0. The molecule has 590 valence electrons. The van der Waals surface area contributed by atoms with Crippen LogP contribution in [0.15, 0.2) is 109 Å². The predicted octanol–water partition coefficient (Wildman–Crippen LogP) is 28.4. The number of unbranched alkanes of at least 4 members (excludes halogenated alkanes) is 48. The summed E-state index contributed by atoms with van der Waals surface area (Å²) in [6.45, 7) is 11.3. The average Bonchev–Trinajstić information content (AvgIpc) is 0.799. The van der Waals surface area contributed by atoms with Gasteiger partial charge in [-0.15, -0.1) is 0 Å². The maximum atomic E-state index is 14.3. The van der Waals surface area contributed by atoms with Crippen molar-refractivity contribution in [3.05, 3.63) is 131 Å². The average molecular weight is 1460 g/mol. The summed E-state index contributed by atoms with van der Waals surface area (Å²) in [5.41, 5.74) is 0.730. The van der Waals surface area contributed by atoms with Gasteiger partial charge in [-0.3, -0.25) is 0 Å². The third-order valence-corrected chi connectivity index (χ3v) is 20.2. The Morgan fingerprint density at radius 3 is 0.462 bits per heavy atom. The molecule has 5 rings (SSSR count). The molecule has 0 aliphatic rings. The quantitative estimate of drug-likeness (QED) is 0.0208. The Bertz CT molecular complexity index is 2590. The summed E-state index contributed by atoms with van der Waals surface area (Å²) >= 11 is 0. The van der Waals surface area contributed by atoms with Crippen LogP contribution >= 0.6 is 0 Å². The van der Waals surface area contributed by atoms with Crippen LogP contribution in [0.4, 0.5) is 0 Å². The molecule has 0 spiro atoms. The normalized spacial score (nSPS) is 11.2. The van der Waals surface area contributed by atoms with Gasteiger partial charge < -0.3 is 37.9 Å². The number of benzene rings is 5. The van der Waals surface area contributed by atoms with E-state index in [0.29, 0.717) is 49.4 Å². The largest absolute Gasteiger partial charge is 0.494 e. The molecule has 0 aliphatic carbocycles.